The Balaban J connectivity index is 4.32. The zero-order valence-corrected chi connectivity index (χ0v) is 8.72. The first kappa shape index (κ1) is 12.4. The summed E-state index contributed by atoms with van der Waals surface area (Å²) in [6.07, 6.45) is 0. The van der Waals surface area contributed by atoms with Crippen molar-refractivity contribution >= 4 is 10.0 Å². The van der Waals surface area contributed by atoms with Crippen LogP contribution in [0.5, 0.6) is 0 Å². The molecule has 0 fully saturated rings. The van der Waals surface area contributed by atoms with Crippen molar-refractivity contribution in [3.8, 4) is 6.07 Å². The first-order chi connectivity index (χ1) is 5.69. The lowest BCUT2D eigenvalue weighted by atomic mass is 10.1. The van der Waals surface area contributed by atoms with Gasteiger partial charge in [0.25, 0.3) is 0 Å². The second kappa shape index (κ2) is 4.05. The van der Waals surface area contributed by atoms with Crippen LogP contribution in [0, 0.1) is 11.3 Å². The number of nitrogens with one attached hydrogen (secondary N) is 1. The zero-order chi connectivity index (χ0) is 10.7. The lowest BCUT2D eigenvalue weighted by Gasteiger charge is -2.18. The molecule has 0 aliphatic heterocycles. The van der Waals surface area contributed by atoms with Crippen LogP contribution in [0.15, 0.2) is 0 Å². The fourth-order valence-corrected chi connectivity index (χ4v) is 1.41. The summed E-state index contributed by atoms with van der Waals surface area (Å²) < 4.78 is 24.5. The van der Waals surface area contributed by atoms with E-state index in [1.54, 1.807) is 6.07 Å². The van der Waals surface area contributed by atoms with Gasteiger partial charge in [-0.2, -0.15) is 5.26 Å². The van der Waals surface area contributed by atoms with Crippen LogP contribution in [0.4, 0.5) is 0 Å². The van der Waals surface area contributed by atoms with Gasteiger partial charge in [0.2, 0.25) is 10.0 Å². The van der Waals surface area contributed by atoms with Crippen molar-refractivity contribution in [3.05, 3.63) is 0 Å². The molecule has 0 bridgehead atoms. The van der Waals surface area contributed by atoms with Gasteiger partial charge in [-0.05, 0) is 20.8 Å². The quantitative estimate of drug-likeness (QED) is 0.654. The van der Waals surface area contributed by atoms with Crippen molar-refractivity contribution in [1.29, 1.82) is 5.26 Å². The van der Waals surface area contributed by atoms with Gasteiger partial charge in [-0.25, -0.2) is 13.1 Å². The second-order valence-corrected chi connectivity index (χ2v) is 5.54. The number of aliphatic hydroxyl groups is 1. The maximum Gasteiger partial charge on any atom is 0.227 e. The zero-order valence-electron chi connectivity index (χ0n) is 7.90. The minimum absolute atomic E-state index is 0.0959. The molecule has 0 aromatic heterocycles. The summed E-state index contributed by atoms with van der Waals surface area (Å²) in [7, 11) is -3.61. The van der Waals surface area contributed by atoms with Crippen LogP contribution in [0.3, 0.4) is 0 Å². The van der Waals surface area contributed by atoms with Crippen LogP contribution in [0.25, 0.3) is 0 Å². The highest BCUT2D eigenvalue weighted by atomic mass is 32.2. The maximum absolute atomic E-state index is 11.2. The highest BCUT2D eigenvalue weighted by Gasteiger charge is 2.23. The number of nitriles is 1. The van der Waals surface area contributed by atoms with Gasteiger partial charge < -0.3 is 5.11 Å². The number of rotatable bonds is 4. The molecule has 0 aromatic carbocycles. The Kier molecular flexibility index (Phi) is 3.85. The number of sulfonamides is 1. The fraction of sp³-hybridized carbons (Fsp3) is 0.857. The van der Waals surface area contributed by atoms with E-state index in [1.807, 2.05) is 0 Å². The average molecular weight is 206 g/mol. The van der Waals surface area contributed by atoms with Gasteiger partial charge in [0, 0.05) is 6.54 Å². The SMILES string of the molecule is CC(C#N)S(=O)(=O)NCC(C)(C)O. The molecule has 0 aromatic rings. The molecule has 76 valence electrons. The van der Waals surface area contributed by atoms with E-state index in [2.05, 4.69) is 4.72 Å². The van der Waals surface area contributed by atoms with Crippen molar-refractivity contribution in [2.75, 3.05) is 6.54 Å². The van der Waals surface area contributed by atoms with Gasteiger partial charge in [0.1, 0.15) is 0 Å². The number of nitrogens with zero attached hydrogens (tertiary/aromatic N) is 1. The molecule has 0 spiro atoms. The van der Waals surface area contributed by atoms with E-state index < -0.39 is 20.9 Å². The third-order valence-corrected chi connectivity index (χ3v) is 2.94. The highest BCUT2D eigenvalue weighted by Crippen LogP contribution is 2.01. The summed E-state index contributed by atoms with van der Waals surface area (Å²) >= 11 is 0. The average Bonchev–Trinajstić information content (AvgIpc) is 1.98. The topological polar surface area (TPSA) is 90.2 Å². The van der Waals surface area contributed by atoms with E-state index in [0.29, 0.717) is 0 Å². The van der Waals surface area contributed by atoms with Crippen LogP contribution in [0.1, 0.15) is 20.8 Å². The largest absolute Gasteiger partial charge is 0.389 e. The summed E-state index contributed by atoms with van der Waals surface area (Å²) in [4.78, 5) is 0. The van der Waals surface area contributed by atoms with E-state index in [-0.39, 0.29) is 6.54 Å². The molecule has 2 N–H and O–H groups in total. The minimum Gasteiger partial charge on any atom is -0.389 e. The summed E-state index contributed by atoms with van der Waals surface area (Å²) in [5.74, 6) is 0. The first-order valence-electron chi connectivity index (χ1n) is 3.79. The molecule has 1 atom stereocenters. The number of hydrogen-bond donors (Lipinski definition) is 2. The Hall–Kier alpha value is -0.640. The molecule has 0 radical (unpaired) electrons. The minimum atomic E-state index is -3.61. The summed E-state index contributed by atoms with van der Waals surface area (Å²) in [6, 6.07) is 1.61. The molecule has 1 unspecified atom stereocenters. The van der Waals surface area contributed by atoms with E-state index in [1.165, 1.54) is 20.8 Å². The summed E-state index contributed by atoms with van der Waals surface area (Å²) in [5, 5.41) is 16.5. The van der Waals surface area contributed by atoms with Gasteiger partial charge in [0.05, 0.1) is 11.7 Å². The Morgan fingerprint density at radius 2 is 2.08 bits per heavy atom. The molecular formula is C7H14N2O3S. The molecule has 0 aliphatic carbocycles. The van der Waals surface area contributed by atoms with E-state index in [0.717, 1.165) is 0 Å². The Morgan fingerprint density at radius 1 is 1.62 bits per heavy atom. The standard InChI is InChI=1S/C7H14N2O3S/c1-6(4-8)13(11,12)9-5-7(2,3)10/h6,9-10H,5H2,1-3H3. The van der Waals surface area contributed by atoms with E-state index in [4.69, 9.17) is 5.26 Å². The van der Waals surface area contributed by atoms with E-state index in [9.17, 15) is 13.5 Å². The molecule has 0 heterocycles. The van der Waals surface area contributed by atoms with Gasteiger partial charge >= 0.3 is 0 Å². The van der Waals surface area contributed by atoms with Gasteiger partial charge in [-0.15, -0.1) is 0 Å². The lowest BCUT2D eigenvalue weighted by molar-refractivity contribution is 0.0857. The monoisotopic (exact) mass is 206 g/mol. The third-order valence-electron chi connectivity index (χ3n) is 1.35. The molecule has 0 rings (SSSR count). The van der Waals surface area contributed by atoms with Crippen molar-refractivity contribution in [2.45, 2.75) is 31.6 Å². The highest BCUT2D eigenvalue weighted by molar-refractivity contribution is 7.90. The van der Waals surface area contributed by atoms with E-state index >= 15 is 0 Å². The third kappa shape index (κ3) is 4.83. The lowest BCUT2D eigenvalue weighted by Crippen LogP contribution is -2.41. The van der Waals surface area contributed by atoms with Crippen LogP contribution in [-0.2, 0) is 10.0 Å². The van der Waals surface area contributed by atoms with Crippen LogP contribution < -0.4 is 4.72 Å². The van der Waals surface area contributed by atoms with Gasteiger partial charge in [-0.1, -0.05) is 0 Å². The smallest absolute Gasteiger partial charge is 0.227 e. The maximum atomic E-state index is 11.2. The molecule has 0 saturated carbocycles. The number of hydrogen-bond acceptors (Lipinski definition) is 4. The Bertz CT molecular complexity index is 297. The molecule has 6 heteroatoms. The van der Waals surface area contributed by atoms with Crippen molar-refractivity contribution in [1.82, 2.24) is 4.72 Å². The molecule has 0 aliphatic rings. The second-order valence-electron chi connectivity index (χ2n) is 3.45. The van der Waals surface area contributed by atoms with Crippen LogP contribution in [0.2, 0.25) is 0 Å². The van der Waals surface area contributed by atoms with Crippen molar-refractivity contribution < 1.29 is 13.5 Å². The molecule has 0 amide bonds. The van der Waals surface area contributed by atoms with Crippen molar-refractivity contribution in [2.24, 2.45) is 0 Å². The summed E-state index contributed by atoms with van der Waals surface area (Å²) in [5.41, 5.74) is -1.11. The van der Waals surface area contributed by atoms with Crippen molar-refractivity contribution in [3.63, 3.8) is 0 Å². The molecule has 5 nitrogen and oxygen atoms in total. The van der Waals surface area contributed by atoms with Crippen LogP contribution in [-0.4, -0.2) is 30.9 Å². The Labute approximate surface area is 78.4 Å². The predicted octanol–water partition coefficient (Wildman–Crippen LogP) is -0.411. The normalized spacial score (nSPS) is 15.0. The molecular weight excluding hydrogens is 192 g/mol. The molecule has 13 heavy (non-hydrogen) atoms. The predicted molar refractivity (Wildman–Crippen MR) is 48.3 cm³/mol. The Morgan fingerprint density at radius 3 is 2.38 bits per heavy atom. The molecule has 0 saturated heterocycles. The summed E-state index contributed by atoms with van der Waals surface area (Å²) in [6.45, 7) is 4.15. The fourth-order valence-electron chi connectivity index (χ4n) is 0.472. The van der Waals surface area contributed by atoms with Gasteiger partial charge in [-0.3, -0.25) is 0 Å². The van der Waals surface area contributed by atoms with Gasteiger partial charge in [0.15, 0.2) is 5.25 Å². The van der Waals surface area contributed by atoms with Crippen LogP contribution >= 0.6 is 0 Å². The first-order valence-corrected chi connectivity index (χ1v) is 5.34.